The first-order valence-corrected chi connectivity index (χ1v) is 7.01. The van der Waals surface area contributed by atoms with Crippen molar-refractivity contribution in [2.75, 3.05) is 11.9 Å². The van der Waals surface area contributed by atoms with Crippen molar-refractivity contribution in [1.29, 1.82) is 0 Å². The Hall–Kier alpha value is -1.87. The van der Waals surface area contributed by atoms with E-state index in [1.54, 1.807) is 30.5 Å². The van der Waals surface area contributed by atoms with Gasteiger partial charge in [-0.3, -0.25) is 4.79 Å². The molecule has 0 unspecified atom stereocenters. The minimum Gasteiger partial charge on any atom is -0.395 e. The number of halogens is 1. The molecule has 0 fully saturated rings. The van der Waals surface area contributed by atoms with E-state index in [-0.39, 0.29) is 12.5 Å². The highest BCUT2D eigenvalue weighted by atomic mass is 35.5. The van der Waals surface area contributed by atoms with Gasteiger partial charge in [0.2, 0.25) is 0 Å². The van der Waals surface area contributed by atoms with Crippen LogP contribution >= 0.6 is 22.9 Å². The Morgan fingerprint density at radius 3 is 3.00 bits per heavy atom. The number of rotatable bonds is 3. The van der Waals surface area contributed by atoms with Gasteiger partial charge in [-0.05, 0) is 24.3 Å². The predicted molar refractivity (Wildman–Crippen MR) is 80.1 cm³/mol. The average Bonchev–Trinajstić information content (AvgIpc) is 2.86. The molecule has 0 saturated carbocycles. The molecular weight excluding hydrogens is 296 g/mol. The lowest BCUT2D eigenvalue weighted by molar-refractivity contribution is 0.103. The van der Waals surface area contributed by atoms with Gasteiger partial charge in [-0.2, -0.15) is 0 Å². The van der Waals surface area contributed by atoms with Gasteiger partial charge in [0.15, 0.2) is 0 Å². The van der Waals surface area contributed by atoms with E-state index in [9.17, 15) is 4.79 Å². The number of pyridine rings is 1. The van der Waals surface area contributed by atoms with Crippen LogP contribution in [0.25, 0.3) is 0 Å². The molecule has 0 aliphatic carbocycles. The van der Waals surface area contributed by atoms with Crippen molar-refractivity contribution in [3.8, 4) is 11.8 Å². The van der Waals surface area contributed by atoms with Crippen LogP contribution in [-0.4, -0.2) is 22.6 Å². The standard InChI is InChI=1S/C14H11ClN2O2S/c15-12-5-4-11(20-12)14(19)17-13-9-10(6-7-16-13)3-1-2-8-18/h4-7,9,18H,2,8H2,(H,16,17,19). The third-order valence-electron chi connectivity index (χ3n) is 2.27. The first kappa shape index (κ1) is 14.5. The Balaban J connectivity index is 2.08. The number of aliphatic hydroxyl groups is 1. The van der Waals surface area contributed by atoms with E-state index in [0.717, 1.165) is 5.56 Å². The predicted octanol–water partition coefficient (Wildman–Crippen LogP) is 2.78. The van der Waals surface area contributed by atoms with Gasteiger partial charge in [0, 0.05) is 18.2 Å². The Kier molecular flexibility index (Phi) is 5.13. The van der Waals surface area contributed by atoms with Gasteiger partial charge in [-0.15, -0.1) is 11.3 Å². The van der Waals surface area contributed by atoms with Crippen molar-refractivity contribution in [3.05, 3.63) is 45.2 Å². The van der Waals surface area contributed by atoms with Crippen LogP contribution in [0.2, 0.25) is 4.34 Å². The zero-order chi connectivity index (χ0) is 14.4. The Morgan fingerprint density at radius 2 is 2.30 bits per heavy atom. The van der Waals surface area contributed by atoms with Crippen LogP contribution < -0.4 is 5.32 Å². The van der Waals surface area contributed by atoms with Crippen LogP contribution in [0, 0.1) is 11.8 Å². The third kappa shape index (κ3) is 4.07. The molecule has 1 amide bonds. The van der Waals surface area contributed by atoms with E-state index in [1.807, 2.05) is 0 Å². The van der Waals surface area contributed by atoms with E-state index < -0.39 is 0 Å². The summed E-state index contributed by atoms with van der Waals surface area (Å²) in [5.74, 6) is 5.87. The maximum absolute atomic E-state index is 11.9. The lowest BCUT2D eigenvalue weighted by atomic mass is 10.2. The van der Waals surface area contributed by atoms with Gasteiger partial charge in [0.1, 0.15) is 5.82 Å². The summed E-state index contributed by atoms with van der Waals surface area (Å²) >= 11 is 6.99. The molecule has 2 aromatic heterocycles. The Bertz CT molecular complexity index is 673. The maximum atomic E-state index is 11.9. The van der Waals surface area contributed by atoms with Gasteiger partial charge >= 0.3 is 0 Å². The first-order valence-electron chi connectivity index (χ1n) is 5.81. The van der Waals surface area contributed by atoms with E-state index >= 15 is 0 Å². The number of anilines is 1. The molecule has 0 aliphatic rings. The number of amides is 1. The third-order valence-corrected chi connectivity index (χ3v) is 3.50. The molecule has 2 rings (SSSR count). The SMILES string of the molecule is O=C(Nc1cc(C#CCCO)ccn1)c1ccc(Cl)s1. The summed E-state index contributed by atoms with van der Waals surface area (Å²) in [5, 5.41) is 11.4. The Morgan fingerprint density at radius 1 is 1.45 bits per heavy atom. The molecule has 102 valence electrons. The van der Waals surface area contributed by atoms with Crippen molar-refractivity contribution >= 4 is 34.7 Å². The van der Waals surface area contributed by atoms with Gasteiger partial charge in [0.05, 0.1) is 15.8 Å². The number of carbonyl (C=O) groups is 1. The molecule has 4 nitrogen and oxygen atoms in total. The van der Waals surface area contributed by atoms with E-state index in [4.69, 9.17) is 16.7 Å². The van der Waals surface area contributed by atoms with Crippen LogP contribution in [-0.2, 0) is 0 Å². The van der Waals surface area contributed by atoms with Gasteiger partial charge in [-0.1, -0.05) is 23.4 Å². The summed E-state index contributed by atoms with van der Waals surface area (Å²) in [6.07, 6.45) is 1.98. The first-order chi connectivity index (χ1) is 9.69. The van der Waals surface area contributed by atoms with E-state index in [0.29, 0.717) is 21.5 Å². The normalized spacial score (nSPS) is 9.70. The average molecular weight is 307 g/mol. The summed E-state index contributed by atoms with van der Waals surface area (Å²) < 4.78 is 0.562. The van der Waals surface area contributed by atoms with Crippen molar-refractivity contribution in [1.82, 2.24) is 4.98 Å². The molecule has 0 radical (unpaired) electrons. The summed E-state index contributed by atoms with van der Waals surface area (Å²) in [4.78, 5) is 16.5. The minimum absolute atomic E-state index is 0.0286. The molecule has 0 bridgehead atoms. The van der Waals surface area contributed by atoms with Gasteiger partial charge in [-0.25, -0.2) is 4.98 Å². The number of aliphatic hydroxyl groups excluding tert-OH is 1. The summed E-state index contributed by atoms with van der Waals surface area (Å²) in [6.45, 7) is 0.0286. The molecule has 6 heteroatoms. The number of aromatic nitrogens is 1. The highest BCUT2D eigenvalue weighted by Gasteiger charge is 2.09. The van der Waals surface area contributed by atoms with Gasteiger partial charge in [0.25, 0.3) is 5.91 Å². The second-order valence-corrected chi connectivity index (χ2v) is 5.48. The van der Waals surface area contributed by atoms with Crippen molar-refractivity contribution in [3.63, 3.8) is 0 Å². The quantitative estimate of drug-likeness (QED) is 0.857. The fraction of sp³-hybridized carbons (Fsp3) is 0.143. The summed E-state index contributed by atoms with van der Waals surface area (Å²) in [7, 11) is 0. The minimum atomic E-state index is -0.255. The zero-order valence-corrected chi connectivity index (χ0v) is 12.0. The number of nitrogens with zero attached hydrogens (tertiary/aromatic N) is 1. The van der Waals surface area contributed by atoms with E-state index in [1.165, 1.54) is 11.3 Å². The molecule has 2 aromatic rings. The van der Waals surface area contributed by atoms with Crippen molar-refractivity contribution < 1.29 is 9.90 Å². The lowest BCUT2D eigenvalue weighted by Gasteiger charge is -2.02. The molecule has 0 aliphatic heterocycles. The monoisotopic (exact) mass is 306 g/mol. The molecular formula is C14H11ClN2O2S. The van der Waals surface area contributed by atoms with Crippen molar-refractivity contribution in [2.24, 2.45) is 0 Å². The fourth-order valence-electron chi connectivity index (χ4n) is 1.41. The van der Waals surface area contributed by atoms with Crippen molar-refractivity contribution in [2.45, 2.75) is 6.42 Å². The zero-order valence-electron chi connectivity index (χ0n) is 10.4. The molecule has 2 N–H and O–H groups in total. The molecule has 0 saturated heterocycles. The highest BCUT2D eigenvalue weighted by Crippen LogP contribution is 2.22. The fourth-order valence-corrected chi connectivity index (χ4v) is 2.35. The maximum Gasteiger partial charge on any atom is 0.266 e. The molecule has 0 spiro atoms. The van der Waals surface area contributed by atoms with E-state index in [2.05, 4.69) is 22.1 Å². The molecule has 20 heavy (non-hydrogen) atoms. The molecule has 0 atom stereocenters. The largest absolute Gasteiger partial charge is 0.395 e. The van der Waals surface area contributed by atoms with Gasteiger partial charge < -0.3 is 10.4 Å². The number of hydrogen-bond acceptors (Lipinski definition) is 4. The summed E-state index contributed by atoms with van der Waals surface area (Å²) in [5.41, 5.74) is 0.730. The second-order valence-electron chi connectivity index (χ2n) is 3.76. The van der Waals surface area contributed by atoms with Crippen LogP contribution in [0.4, 0.5) is 5.82 Å². The molecule has 0 aromatic carbocycles. The lowest BCUT2D eigenvalue weighted by Crippen LogP contribution is -2.11. The summed E-state index contributed by atoms with van der Waals surface area (Å²) in [6, 6.07) is 6.75. The van der Waals surface area contributed by atoms with Crippen LogP contribution in [0.5, 0.6) is 0 Å². The molecule has 2 heterocycles. The number of nitrogens with one attached hydrogen (secondary N) is 1. The van der Waals surface area contributed by atoms with Crippen LogP contribution in [0.1, 0.15) is 21.7 Å². The smallest absolute Gasteiger partial charge is 0.266 e. The topological polar surface area (TPSA) is 62.2 Å². The van der Waals surface area contributed by atoms with Crippen LogP contribution in [0.3, 0.4) is 0 Å². The van der Waals surface area contributed by atoms with Crippen LogP contribution in [0.15, 0.2) is 30.5 Å². The number of carbonyl (C=O) groups excluding carboxylic acids is 1. The number of thiophene rings is 1. The Labute approximate surface area is 125 Å². The highest BCUT2D eigenvalue weighted by molar-refractivity contribution is 7.18. The number of hydrogen-bond donors (Lipinski definition) is 2. The second kappa shape index (κ2) is 7.06.